The van der Waals surface area contributed by atoms with Gasteiger partial charge in [0.15, 0.2) is 9.84 Å². The fraction of sp³-hybridized carbons (Fsp3) is 0.571. The molecule has 0 amide bonds. The second kappa shape index (κ2) is 6.88. The molecule has 2 aliphatic rings. The van der Waals surface area contributed by atoms with Crippen LogP contribution in [0.3, 0.4) is 0 Å². The van der Waals surface area contributed by atoms with Crippen molar-refractivity contribution in [1.82, 2.24) is 9.78 Å². The quantitative estimate of drug-likeness (QED) is 0.816. The summed E-state index contributed by atoms with van der Waals surface area (Å²) in [6, 6.07) is 7.53. The van der Waals surface area contributed by atoms with Crippen LogP contribution < -0.4 is 5.32 Å². The maximum atomic E-state index is 12.3. The molecule has 0 saturated heterocycles. The fourth-order valence-corrected chi connectivity index (χ4v) is 5.85. The number of nitrogens with zero attached hydrogens (tertiary/aromatic N) is 2. The van der Waals surface area contributed by atoms with Crippen molar-refractivity contribution in [3.8, 4) is 0 Å². The van der Waals surface area contributed by atoms with Gasteiger partial charge in [0.1, 0.15) is 5.82 Å². The minimum Gasteiger partial charge on any atom is -0.393 e. The van der Waals surface area contributed by atoms with Crippen LogP contribution in [0.2, 0.25) is 0 Å². The first-order chi connectivity index (χ1) is 13.1. The zero-order valence-corrected chi connectivity index (χ0v) is 17.6. The van der Waals surface area contributed by atoms with E-state index in [0.717, 1.165) is 48.4 Å². The van der Waals surface area contributed by atoms with Gasteiger partial charge in [-0.1, -0.05) is 6.07 Å². The minimum absolute atomic E-state index is 0.176. The van der Waals surface area contributed by atoms with Crippen molar-refractivity contribution < 1.29 is 13.5 Å². The molecule has 2 aromatic rings. The van der Waals surface area contributed by atoms with Crippen LogP contribution in [-0.2, 0) is 21.8 Å². The summed E-state index contributed by atoms with van der Waals surface area (Å²) >= 11 is 0. The van der Waals surface area contributed by atoms with Crippen LogP contribution >= 0.6 is 0 Å². The molecule has 152 valence electrons. The van der Waals surface area contributed by atoms with Crippen molar-refractivity contribution in [2.45, 2.75) is 75.3 Å². The molecule has 1 aliphatic carbocycles. The van der Waals surface area contributed by atoms with E-state index in [0.29, 0.717) is 17.2 Å². The molecule has 7 heteroatoms. The number of aliphatic hydroxyl groups is 1. The molecule has 4 rings (SSSR count). The molecule has 6 nitrogen and oxygen atoms in total. The van der Waals surface area contributed by atoms with Gasteiger partial charge in [-0.3, -0.25) is 0 Å². The first-order valence-electron chi connectivity index (χ1n) is 10.1. The summed E-state index contributed by atoms with van der Waals surface area (Å²) in [5, 5.41) is 18.2. The number of aromatic nitrogens is 2. The monoisotopic (exact) mass is 403 g/mol. The highest BCUT2D eigenvalue weighted by molar-refractivity contribution is 7.91. The van der Waals surface area contributed by atoms with Gasteiger partial charge in [-0.15, -0.1) is 0 Å². The number of hydrogen-bond donors (Lipinski definition) is 2. The summed E-state index contributed by atoms with van der Waals surface area (Å²) in [6.45, 7) is 6.33. The molecule has 0 bridgehead atoms. The predicted octanol–water partition coefficient (Wildman–Crippen LogP) is 3.73. The lowest BCUT2D eigenvalue weighted by Gasteiger charge is -2.25. The van der Waals surface area contributed by atoms with Gasteiger partial charge in [-0.25, -0.2) is 13.1 Å². The predicted molar refractivity (Wildman–Crippen MR) is 110 cm³/mol. The molecule has 1 saturated carbocycles. The normalized spacial score (nSPS) is 24.1. The Morgan fingerprint density at radius 3 is 2.57 bits per heavy atom. The Morgan fingerprint density at radius 1 is 1.18 bits per heavy atom. The van der Waals surface area contributed by atoms with E-state index >= 15 is 0 Å². The van der Waals surface area contributed by atoms with Gasteiger partial charge < -0.3 is 10.4 Å². The summed E-state index contributed by atoms with van der Waals surface area (Å²) in [7, 11) is -3.16. The molecule has 0 radical (unpaired) electrons. The molecular formula is C21H29N3O3S. The van der Waals surface area contributed by atoms with Gasteiger partial charge in [-0.2, -0.15) is 5.10 Å². The van der Waals surface area contributed by atoms with E-state index in [2.05, 4.69) is 32.2 Å². The number of benzene rings is 1. The van der Waals surface area contributed by atoms with E-state index < -0.39 is 9.84 Å². The first-order valence-corrected chi connectivity index (χ1v) is 11.7. The first kappa shape index (κ1) is 19.5. The Hall–Kier alpha value is -1.86. The molecule has 1 aromatic heterocycles. The summed E-state index contributed by atoms with van der Waals surface area (Å²) in [5.41, 5.74) is 2.55. The third kappa shape index (κ3) is 3.57. The number of sulfone groups is 1. The lowest BCUT2D eigenvalue weighted by Crippen LogP contribution is -2.25. The summed E-state index contributed by atoms with van der Waals surface area (Å²) in [5.74, 6) is 1.41. The van der Waals surface area contributed by atoms with Gasteiger partial charge in [0.2, 0.25) is 0 Å². The van der Waals surface area contributed by atoms with Crippen LogP contribution in [0.25, 0.3) is 0 Å². The third-order valence-corrected chi connectivity index (χ3v) is 7.62. The molecule has 2 heterocycles. The van der Waals surface area contributed by atoms with Crippen molar-refractivity contribution >= 4 is 21.3 Å². The van der Waals surface area contributed by atoms with Gasteiger partial charge >= 0.3 is 0 Å². The SMILES string of the molecule is CC(C)(C)n1nc(C2CCC(O)CC2)cc1Nc1cccc2c1CCS2(=O)=O. The number of anilines is 2. The standard InChI is InChI=1S/C21H29N3O3S/c1-21(2,3)24-20(13-18(23-24)14-7-9-15(25)10-8-14)22-17-5-4-6-19-16(17)11-12-28(19,26)27/h4-6,13-15,22,25H,7-12H2,1-3H3. The van der Waals surface area contributed by atoms with Crippen LogP contribution in [0.4, 0.5) is 11.5 Å². The number of hydrogen-bond acceptors (Lipinski definition) is 5. The molecule has 0 spiro atoms. The van der Waals surface area contributed by atoms with E-state index in [1.807, 2.05) is 10.7 Å². The van der Waals surface area contributed by atoms with Gasteiger partial charge in [0, 0.05) is 17.7 Å². The average Bonchev–Trinajstić information content (AvgIpc) is 3.18. The van der Waals surface area contributed by atoms with Crippen molar-refractivity contribution in [2.24, 2.45) is 0 Å². The van der Waals surface area contributed by atoms with Crippen molar-refractivity contribution in [3.63, 3.8) is 0 Å². The Balaban J connectivity index is 1.69. The van der Waals surface area contributed by atoms with Crippen LogP contribution in [0.1, 0.15) is 63.6 Å². The van der Waals surface area contributed by atoms with Crippen LogP contribution in [0.15, 0.2) is 29.2 Å². The highest BCUT2D eigenvalue weighted by Gasteiger charge is 2.30. The highest BCUT2D eigenvalue weighted by Crippen LogP contribution is 2.37. The fourth-order valence-electron chi connectivity index (χ4n) is 4.29. The molecule has 2 N–H and O–H groups in total. The number of fused-ring (bicyclic) bond motifs is 1. The van der Waals surface area contributed by atoms with Gasteiger partial charge in [-0.05, 0) is 70.6 Å². The lowest BCUT2D eigenvalue weighted by molar-refractivity contribution is 0.121. The van der Waals surface area contributed by atoms with Crippen LogP contribution in [0, 0.1) is 0 Å². The average molecular weight is 404 g/mol. The number of nitrogens with one attached hydrogen (secondary N) is 1. The number of rotatable bonds is 3. The molecular weight excluding hydrogens is 374 g/mol. The summed E-state index contributed by atoms with van der Waals surface area (Å²) in [6.07, 6.45) is 3.88. The second-order valence-corrected chi connectivity index (χ2v) is 11.1. The highest BCUT2D eigenvalue weighted by atomic mass is 32.2. The Labute approximate surface area is 166 Å². The third-order valence-electron chi connectivity index (χ3n) is 5.83. The maximum absolute atomic E-state index is 12.3. The van der Waals surface area contributed by atoms with Crippen LogP contribution in [0.5, 0.6) is 0 Å². The molecule has 1 fully saturated rings. The molecule has 1 aliphatic heterocycles. The zero-order chi connectivity index (χ0) is 20.1. The van der Waals surface area contributed by atoms with E-state index in [-0.39, 0.29) is 17.4 Å². The Bertz CT molecular complexity index is 981. The van der Waals surface area contributed by atoms with Gasteiger partial charge in [0.25, 0.3) is 0 Å². The Morgan fingerprint density at radius 2 is 1.89 bits per heavy atom. The summed E-state index contributed by atoms with van der Waals surface area (Å²) in [4.78, 5) is 0.445. The van der Waals surface area contributed by atoms with Crippen molar-refractivity contribution in [2.75, 3.05) is 11.1 Å². The minimum atomic E-state index is -3.16. The second-order valence-electron chi connectivity index (χ2n) is 9.02. The number of aliphatic hydroxyl groups excluding tert-OH is 1. The van der Waals surface area contributed by atoms with E-state index in [4.69, 9.17) is 5.10 Å². The van der Waals surface area contributed by atoms with E-state index in [9.17, 15) is 13.5 Å². The maximum Gasteiger partial charge on any atom is 0.179 e. The smallest absolute Gasteiger partial charge is 0.179 e. The van der Waals surface area contributed by atoms with Crippen molar-refractivity contribution in [1.29, 1.82) is 0 Å². The topological polar surface area (TPSA) is 84.2 Å². The van der Waals surface area contributed by atoms with Crippen LogP contribution in [-0.4, -0.2) is 35.2 Å². The summed E-state index contributed by atoms with van der Waals surface area (Å²) < 4.78 is 26.5. The Kier molecular flexibility index (Phi) is 4.78. The lowest BCUT2D eigenvalue weighted by atomic mass is 9.85. The zero-order valence-electron chi connectivity index (χ0n) is 16.8. The largest absolute Gasteiger partial charge is 0.393 e. The molecule has 28 heavy (non-hydrogen) atoms. The molecule has 1 aromatic carbocycles. The van der Waals surface area contributed by atoms with Crippen molar-refractivity contribution in [3.05, 3.63) is 35.5 Å². The van der Waals surface area contributed by atoms with Gasteiger partial charge in [0.05, 0.1) is 28.0 Å². The molecule has 0 atom stereocenters. The van der Waals surface area contributed by atoms with E-state index in [1.54, 1.807) is 12.1 Å². The molecule has 0 unspecified atom stereocenters. The van der Waals surface area contributed by atoms with E-state index in [1.165, 1.54) is 0 Å².